The molecule has 2 aromatic rings. The number of rotatable bonds is 6. The van der Waals surface area contributed by atoms with Crippen LogP contribution in [-0.4, -0.2) is 23.8 Å². The number of carbonyl (C=O) groups is 1. The summed E-state index contributed by atoms with van der Waals surface area (Å²) in [5.41, 5.74) is 5.02. The van der Waals surface area contributed by atoms with E-state index < -0.39 is 0 Å². The van der Waals surface area contributed by atoms with Gasteiger partial charge < -0.3 is 9.84 Å². The van der Waals surface area contributed by atoms with Gasteiger partial charge in [0.1, 0.15) is 11.5 Å². The Labute approximate surface area is 155 Å². The third-order valence-electron chi connectivity index (χ3n) is 3.53. The highest BCUT2D eigenvalue weighted by Gasteiger charge is 2.10. The highest BCUT2D eigenvalue weighted by Crippen LogP contribution is 2.27. The number of phenols is 1. The number of hydrogen-bond donors (Lipinski definition) is 2. The van der Waals surface area contributed by atoms with Crippen molar-refractivity contribution in [3.8, 4) is 11.5 Å². The molecule has 25 heavy (non-hydrogen) atoms. The molecule has 0 spiro atoms. The Balaban J connectivity index is 1.94. The third kappa shape index (κ3) is 5.60. The Hall–Kier alpha value is -2.34. The number of amides is 1. The number of aryl methyl sites for hydroxylation is 1. The predicted molar refractivity (Wildman–Crippen MR) is 102 cm³/mol. The smallest absolute Gasteiger partial charge is 0.277 e. The first-order valence-electron chi connectivity index (χ1n) is 7.90. The van der Waals surface area contributed by atoms with Crippen molar-refractivity contribution in [1.29, 1.82) is 0 Å². The van der Waals surface area contributed by atoms with Gasteiger partial charge in [-0.25, -0.2) is 5.43 Å². The fourth-order valence-electron chi connectivity index (χ4n) is 2.22. The van der Waals surface area contributed by atoms with E-state index in [1.807, 2.05) is 25.1 Å². The normalized spacial score (nSPS) is 11.1. The molecule has 1 amide bonds. The van der Waals surface area contributed by atoms with Crippen LogP contribution in [0.25, 0.3) is 0 Å². The highest BCUT2D eigenvalue weighted by molar-refractivity contribution is 9.10. The molecule has 0 aliphatic carbocycles. The SMILES string of the molecule is Cc1ccc(C(C)C)c(OCC(=O)N/N=C\c2cc(Br)ccc2O)c1. The Kier molecular flexibility index (Phi) is 6.58. The van der Waals surface area contributed by atoms with Crippen molar-refractivity contribution in [1.82, 2.24) is 5.43 Å². The van der Waals surface area contributed by atoms with Gasteiger partial charge in [0.25, 0.3) is 5.91 Å². The van der Waals surface area contributed by atoms with Gasteiger partial charge in [0.15, 0.2) is 6.61 Å². The van der Waals surface area contributed by atoms with Crippen molar-refractivity contribution in [3.63, 3.8) is 0 Å². The van der Waals surface area contributed by atoms with E-state index in [1.54, 1.807) is 18.2 Å². The monoisotopic (exact) mass is 404 g/mol. The molecular formula is C19H21BrN2O3. The van der Waals surface area contributed by atoms with Crippen LogP contribution in [0.15, 0.2) is 46.0 Å². The molecule has 2 N–H and O–H groups in total. The molecular weight excluding hydrogens is 384 g/mol. The van der Waals surface area contributed by atoms with E-state index in [1.165, 1.54) is 6.21 Å². The van der Waals surface area contributed by atoms with Gasteiger partial charge in [-0.05, 0) is 48.2 Å². The van der Waals surface area contributed by atoms with Crippen molar-refractivity contribution >= 4 is 28.1 Å². The van der Waals surface area contributed by atoms with E-state index >= 15 is 0 Å². The fourth-order valence-corrected chi connectivity index (χ4v) is 2.60. The molecule has 0 heterocycles. The van der Waals surface area contributed by atoms with Gasteiger partial charge in [-0.15, -0.1) is 0 Å². The van der Waals surface area contributed by atoms with Crippen molar-refractivity contribution in [2.75, 3.05) is 6.61 Å². The fraction of sp³-hybridized carbons (Fsp3) is 0.263. The zero-order valence-electron chi connectivity index (χ0n) is 14.4. The number of hydrogen-bond acceptors (Lipinski definition) is 4. The minimum atomic E-state index is -0.373. The van der Waals surface area contributed by atoms with Crippen molar-refractivity contribution in [2.45, 2.75) is 26.7 Å². The Morgan fingerprint density at radius 3 is 2.80 bits per heavy atom. The molecule has 0 saturated heterocycles. The minimum Gasteiger partial charge on any atom is -0.507 e. The van der Waals surface area contributed by atoms with Gasteiger partial charge in [0.2, 0.25) is 0 Å². The maximum Gasteiger partial charge on any atom is 0.277 e. The molecule has 0 fully saturated rings. The van der Waals surface area contributed by atoms with E-state index in [-0.39, 0.29) is 18.3 Å². The van der Waals surface area contributed by atoms with E-state index in [0.717, 1.165) is 15.6 Å². The van der Waals surface area contributed by atoms with E-state index in [4.69, 9.17) is 4.74 Å². The van der Waals surface area contributed by atoms with Crippen LogP contribution >= 0.6 is 15.9 Å². The van der Waals surface area contributed by atoms with Gasteiger partial charge in [-0.3, -0.25) is 4.79 Å². The zero-order chi connectivity index (χ0) is 18.4. The number of nitrogens with one attached hydrogen (secondary N) is 1. The first-order chi connectivity index (χ1) is 11.9. The molecule has 0 atom stereocenters. The molecule has 0 saturated carbocycles. The number of nitrogens with zero attached hydrogens (tertiary/aromatic N) is 1. The summed E-state index contributed by atoms with van der Waals surface area (Å²) in [7, 11) is 0. The second-order valence-electron chi connectivity index (χ2n) is 5.98. The van der Waals surface area contributed by atoms with Crippen LogP contribution in [0.5, 0.6) is 11.5 Å². The summed E-state index contributed by atoms with van der Waals surface area (Å²) >= 11 is 3.31. The summed E-state index contributed by atoms with van der Waals surface area (Å²) in [6.45, 7) is 6.00. The summed E-state index contributed by atoms with van der Waals surface area (Å²) in [5, 5.41) is 13.6. The largest absolute Gasteiger partial charge is 0.507 e. The van der Waals surface area contributed by atoms with Gasteiger partial charge in [-0.2, -0.15) is 5.10 Å². The lowest BCUT2D eigenvalue weighted by Gasteiger charge is -2.14. The molecule has 0 aliphatic rings. The first-order valence-corrected chi connectivity index (χ1v) is 8.70. The number of benzene rings is 2. The van der Waals surface area contributed by atoms with Crippen LogP contribution in [0.3, 0.4) is 0 Å². The standard InChI is InChI=1S/C19H21BrN2O3/c1-12(2)16-6-4-13(3)8-18(16)25-11-19(24)22-21-10-14-9-15(20)5-7-17(14)23/h4-10,12,23H,11H2,1-3H3,(H,22,24)/b21-10-. The lowest BCUT2D eigenvalue weighted by atomic mass is 10.0. The molecule has 5 nitrogen and oxygen atoms in total. The summed E-state index contributed by atoms with van der Waals surface area (Å²) in [4.78, 5) is 11.9. The average molecular weight is 405 g/mol. The zero-order valence-corrected chi connectivity index (χ0v) is 16.0. The second-order valence-corrected chi connectivity index (χ2v) is 6.90. The molecule has 0 radical (unpaired) electrons. The van der Waals surface area contributed by atoms with Crippen LogP contribution in [-0.2, 0) is 4.79 Å². The summed E-state index contributed by atoms with van der Waals surface area (Å²) in [6.07, 6.45) is 1.38. The van der Waals surface area contributed by atoms with Crippen molar-refractivity contribution < 1.29 is 14.6 Å². The van der Waals surface area contributed by atoms with Crippen LogP contribution in [0, 0.1) is 6.92 Å². The van der Waals surface area contributed by atoms with Crippen molar-refractivity contribution in [2.24, 2.45) is 5.10 Å². The Morgan fingerprint density at radius 1 is 1.32 bits per heavy atom. The highest BCUT2D eigenvalue weighted by atomic mass is 79.9. The molecule has 0 unspecified atom stereocenters. The van der Waals surface area contributed by atoms with Gasteiger partial charge in [0, 0.05) is 10.0 Å². The molecule has 0 aromatic heterocycles. The van der Waals surface area contributed by atoms with E-state index in [9.17, 15) is 9.90 Å². The Bertz CT molecular complexity index is 788. The lowest BCUT2D eigenvalue weighted by Crippen LogP contribution is -2.25. The lowest BCUT2D eigenvalue weighted by molar-refractivity contribution is -0.123. The number of aromatic hydroxyl groups is 1. The van der Waals surface area contributed by atoms with E-state index in [0.29, 0.717) is 17.2 Å². The molecule has 2 rings (SSSR count). The number of carbonyl (C=O) groups excluding carboxylic acids is 1. The van der Waals surface area contributed by atoms with Crippen LogP contribution in [0.2, 0.25) is 0 Å². The first kappa shape index (κ1) is 19.0. The van der Waals surface area contributed by atoms with Crippen LogP contribution < -0.4 is 10.2 Å². The molecule has 0 bridgehead atoms. The molecule has 6 heteroatoms. The summed E-state index contributed by atoms with van der Waals surface area (Å²) in [5.74, 6) is 0.718. The van der Waals surface area contributed by atoms with Gasteiger partial charge >= 0.3 is 0 Å². The quantitative estimate of drug-likeness (QED) is 0.561. The maximum absolute atomic E-state index is 11.9. The van der Waals surface area contributed by atoms with Gasteiger partial charge in [0.05, 0.1) is 6.21 Å². The second kappa shape index (κ2) is 8.67. The van der Waals surface area contributed by atoms with E-state index in [2.05, 4.69) is 40.3 Å². The molecule has 0 aliphatic heterocycles. The summed E-state index contributed by atoms with van der Waals surface area (Å²) < 4.78 is 6.45. The summed E-state index contributed by atoms with van der Waals surface area (Å²) in [6, 6.07) is 10.9. The Morgan fingerprint density at radius 2 is 2.08 bits per heavy atom. The number of phenolic OH excluding ortho intramolecular Hbond substituents is 1. The van der Waals surface area contributed by atoms with Crippen LogP contribution in [0.4, 0.5) is 0 Å². The minimum absolute atomic E-state index is 0.0822. The third-order valence-corrected chi connectivity index (χ3v) is 4.03. The molecule has 2 aromatic carbocycles. The molecule has 132 valence electrons. The predicted octanol–water partition coefficient (Wildman–Crippen LogP) is 4.12. The number of ether oxygens (including phenoxy) is 1. The number of hydrazone groups is 1. The average Bonchev–Trinajstić information content (AvgIpc) is 2.56. The van der Waals surface area contributed by atoms with Crippen LogP contribution in [0.1, 0.15) is 36.5 Å². The number of halogens is 1. The maximum atomic E-state index is 11.9. The van der Waals surface area contributed by atoms with Gasteiger partial charge in [-0.1, -0.05) is 41.9 Å². The topological polar surface area (TPSA) is 70.9 Å². The van der Waals surface area contributed by atoms with Crippen molar-refractivity contribution in [3.05, 3.63) is 57.6 Å².